The third-order valence-electron chi connectivity index (χ3n) is 0. The van der Waals surface area contributed by atoms with Crippen LogP contribution < -0.4 is 0 Å². The number of hydrogen-bond donors (Lipinski definition) is 0. The number of hydrogen-bond acceptors (Lipinski definition) is 0. The molecule has 0 heteroatoms. The predicted molar refractivity (Wildman–Crippen MR) is 73.6 cm³/mol. The van der Waals surface area contributed by atoms with Crippen molar-refractivity contribution in [1.82, 2.24) is 0 Å². The summed E-state index contributed by atoms with van der Waals surface area (Å²) in [6.07, 6.45) is 5.85. The Kier molecular flexibility index (Phi) is 177. The minimum absolute atomic E-state index is 0.833. The van der Waals surface area contributed by atoms with Crippen molar-refractivity contribution in [3.05, 3.63) is 13.2 Å². The van der Waals surface area contributed by atoms with E-state index in [9.17, 15) is 0 Å². The maximum Gasteiger partial charge on any atom is -0.00297 e. The Labute approximate surface area is 93.8 Å². The van der Waals surface area contributed by atoms with Crippen molar-refractivity contribution in [2.45, 2.75) is 61.8 Å². The molecule has 0 rings (SSSR count). The highest BCUT2D eigenvalue weighted by Crippen LogP contribution is 1.81. The van der Waals surface area contributed by atoms with Gasteiger partial charge in [-0.25, -0.2) is 0 Å². The second-order valence-corrected chi connectivity index (χ2v) is 2.73. The van der Waals surface area contributed by atoms with E-state index in [4.69, 9.17) is 0 Å². The first-order valence-corrected chi connectivity index (χ1v) is 5.43. The Morgan fingerprint density at radius 1 is 1.07 bits per heavy atom. The van der Waals surface area contributed by atoms with Crippen LogP contribution in [0, 0.1) is 18.3 Å². The average molecular weight is 200 g/mol. The number of terminal acetylenes is 1. The van der Waals surface area contributed by atoms with Gasteiger partial charge in [-0.05, 0) is 12.8 Å². The second-order valence-electron chi connectivity index (χ2n) is 2.73. The monoisotopic (exact) mass is 200 g/mol. The summed E-state index contributed by atoms with van der Waals surface area (Å²) >= 11 is 0. The van der Waals surface area contributed by atoms with Crippen LogP contribution in [0.3, 0.4) is 0 Å². The zero-order chi connectivity index (χ0) is 13.0. The fourth-order valence-electron chi connectivity index (χ4n) is 0. The molecule has 0 bridgehead atoms. The summed E-state index contributed by atoms with van der Waals surface area (Å²) in [7, 11) is 0. The van der Waals surface area contributed by atoms with Gasteiger partial charge < -0.3 is 0 Å². The van der Waals surface area contributed by atoms with Crippen molar-refractivity contribution >= 4 is 0 Å². The van der Waals surface area contributed by atoms with E-state index in [1.807, 2.05) is 13.8 Å². The van der Waals surface area contributed by atoms with Crippen LogP contribution in [0.4, 0.5) is 0 Å². The van der Waals surface area contributed by atoms with E-state index < -0.39 is 0 Å². The molecule has 0 amide bonds. The van der Waals surface area contributed by atoms with E-state index in [0.29, 0.717) is 0 Å². The van der Waals surface area contributed by atoms with Gasteiger partial charge in [0.25, 0.3) is 0 Å². The first kappa shape index (κ1) is 29.2. The lowest BCUT2D eigenvalue weighted by Crippen LogP contribution is -1.66. The van der Waals surface area contributed by atoms with Crippen molar-refractivity contribution in [3.63, 3.8) is 0 Å². The summed E-state index contributed by atoms with van der Waals surface area (Å²) in [5.74, 6) is 3.08. The van der Waals surface area contributed by atoms with Crippen LogP contribution in [0.1, 0.15) is 61.8 Å². The quantitative estimate of drug-likeness (QED) is 0.355. The average Bonchev–Trinajstić information content (AvgIpc) is 2.12. The van der Waals surface area contributed by atoms with E-state index in [2.05, 4.69) is 60.1 Å². The molecule has 0 spiro atoms. The standard InChI is InChI=1S/C4H10.C3H8.C3H4.C2H6.C2H4/c1-4(2)3;2*1-3-2;2*1-2/h4H,1-3H3;3H2,1-2H3;1H,2H3;1-2H3;1-2H2. The zero-order valence-electron chi connectivity index (χ0n) is 11.8. The largest absolute Gasteiger partial charge is 0.120 e. The predicted octanol–water partition coefficient (Wildman–Crippen LogP) is 5.55. The molecule has 0 unspecified atom stereocenters. The molecule has 0 atom stereocenters. The molecule has 0 aliphatic rings. The highest BCUT2D eigenvalue weighted by molar-refractivity contribution is 4.73. The highest BCUT2D eigenvalue weighted by Gasteiger charge is 1.68. The molecule has 0 radical (unpaired) electrons. The molecular formula is C14H32. The fraction of sp³-hybridized carbons (Fsp3) is 0.714. The third-order valence-corrected chi connectivity index (χ3v) is 0. The molecule has 14 heavy (non-hydrogen) atoms. The molecule has 0 aromatic rings. The normalized spacial score (nSPS) is 5.14. The van der Waals surface area contributed by atoms with Crippen LogP contribution in [-0.4, -0.2) is 0 Å². The molecule has 0 saturated heterocycles. The van der Waals surface area contributed by atoms with Crippen molar-refractivity contribution in [3.8, 4) is 12.3 Å². The molecule has 0 aromatic carbocycles. The lowest BCUT2D eigenvalue weighted by molar-refractivity contribution is 0.737. The molecule has 0 aliphatic heterocycles. The van der Waals surface area contributed by atoms with Gasteiger partial charge in [-0.2, -0.15) is 0 Å². The van der Waals surface area contributed by atoms with Gasteiger partial charge in [0, 0.05) is 0 Å². The first-order valence-electron chi connectivity index (χ1n) is 5.43. The molecule has 0 N–H and O–H groups in total. The summed E-state index contributed by atoms with van der Waals surface area (Å²) in [6.45, 7) is 22.4. The van der Waals surface area contributed by atoms with Crippen LogP contribution in [0.2, 0.25) is 0 Å². The highest BCUT2D eigenvalue weighted by atomic mass is 13.7. The van der Waals surface area contributed by atoms with Gasteiger partial charge in [0.05, 0.1) is 0 Å². The van der Waals surface area contributed by atoms with Crippen molar-refractivity contribution in [1.29, 1.82) is 0 Å². The minimum atomic E-state index is 0.833. The van der Waals surface area contributed by atoms with E-state index in [1.165, 1.54) is 6.42 Å². The molecule has 88 valence electrons. The van der Waals surface area contributed by atoms with Crippen LogP contribution in [0.15, 0.2) is 13.2 Å². The Bertz CT molecular complexity index is 61.8. The topological polar surface area (TPSA) is 0 Å². The molecular weight excluding hydrogens is 168 g/mol. The van der Waals surface area contributed by atoms with Crippen LogP contribution in [0.25, 0.3) is 0 Å². The maximum atomic E-state index is 4.60. The third kappa shape index (κ3) is 2450. The summed E-state index contributed by atoms with van der Waals surface area (Å²) < 4.78 is 0. The zero-order valence-corrected chi connectivity index (χ0v) is 11.8. The molecule has 0 nitrogen and oxygen atoms in total. The summed E-state index contributed by atoms with van der Waals surface area (Å²) in [5, 5.41) is 0. The lowest BCUT2D eigenvalue weighted by atomic mass is 10.3. The summed E-state index contributed by atoms with van der Waals surface area (Å²) in [4.78, 5) is 0. The van der Waals surface area contributed by atoms with Crippen LogP contribution >= 0.6 is 0 Å². The van der Waals surface area contributed by atoms with E-state index in [0.717, 1.165) is 5.92 Å². The van der Waals surface area contributed by atoms with Gasteiger partial charge in [0.2, 0.25) is 0 Å². The van der Waals surface area contributed by atoms with E-state index in [1.54, 1.807) is 6.92 Å². The Morgan fingerprint density at radius 3 is 1.07 bits per heavy atom. The van der Waals surface area contributed by atoms with Gasteiger partial charge >= 0.3 is 0 Å². The van der Waals surface area contributed by atoms with E-state index in [-0.39, 0.29) is 0 Å². The van der Waals surface area contributed by atoms with Gasteiger partial charge in [0.1, 0.15) is 0 Å². The maximum absolute atomic E-state index is 4.60. The van der Waals surface area contributed by atoms with Gasteiger partial charge in [0.15, 0.2) is 0 Å². The molecule has 0 saturated carbocycles. The second kappa shape index (κ2) is 84.9. The van der Waals surface area contributed by atoms with Crippen LogP contribution in [-0.2, 0) is 0 Å². The van der Waals surface area contributed by atoms with Crippen molar-refractivity contribution in [2.24, 2.45) is 5.92 Å². The molecule has 0 aliphatic carbocycles. The van der Waals surface area contributed by atoms with Gasteiger partial charge in [-0.3, -0.25) is 0 Å². The number of rotatable bonds is 0. The van der Waals surface area contributed by atoms with Gasteiger partial charge in [-0.1, -0.05) is 54.9 Å². The molecule has 0 heterocycles. The van der Waals surface area contributed by atoms with E-state index >= 15 is 0 Å². The van der Waals surface area contributed by atoms with Crippen molar-refractivity contribution in [2.75, 3.05) is 0 Å². The smallest absolute Gasteiger partial charge is 0.00297 e. The van der Waals surface area contributed by atoms with Gasteiger partial charge in [-0.15, -0.1) is 25.5 Å². The van der Waals surface area contributed by atoms with Crippen LogP contribution in [0.5, 0.6) is 0 Å². The molecule has 0 fully saturated rings. The Balaban J connectivity index is -0.0000000249. The SMILES string of the molecule is C#CC.C=C.CC.CC(C)C.CCC. The first-order chi connectivity index (χ1) is 6.56. The lowest BCUT2D eigenvalue weighted by Gasteiger charge is -1.79. The fourth-order valence-corrected chi connectivity index (χ4v) is 0. The van der Waals surface area contributed by atoms with Crippen molar-refractivity contribution < 1.29 is 0 Å². The summed E-state index contributed by atoms with van der Waals surface area (Å²) in [6, 6.07) is 0. The Hall–Kier alpha value is -0.700. The summed E-state index contributed by atoms with van der Waals surface area (Å²) in [5.41, 5.74) is 0. The minimum Gasteiger partial charge on any atom is -0.120 e. The molecule has 0 aromatic heterocycles. The Morgan fingerprint density at radius 2 is 1.07 bits per heavy atom.